The van der Waals surface area contributed by atoms with Crippen molar-refractivity contribution in [3.05, 3.63) is 35.9 Å². The van der Waals surface area contributed by atoms with Gasteiger partial charge in [0.05, 0.1) is 11.4 Å². The van der Waals surface area contributed by atoms with Crippen LogP contribution in [0.25, 0.3) is 0 Å². The second-order valence-electron chi connectivity index (χ2n) is 6.30. The molecule has 1 amide bonds. The van der Waals surface area contributed by atoms with Crippen molar-refractivity contribution in [2.75, 3.05) is 19.6 Å². The molecule has 0 aliphatic carbocycles. The fourth-order valence-corrected chi connectivity index (χ4v) is 3.58. The SMILES string of the molecule is CCC(CC)(C(=O)[O-])C(=O)N1C[C@@H](CN)[C@H](c2ccccc2)C1.[Na+]. The minimum absolute atomic E-state index is 0. The number of carbonyl (C=O) groups is 2. The first kappa shape index (κ1) is 21.2. The molecule has 2 rings (SSSR count). The topological polar surface area (TPSA) is 86.5 Å². The van der Waals surface area contributed by atoms with E-state index in [0.29, 0.717) is 19.6 Å². The third-order valence-corrected chi connectivity index (χ3v) is 5.27. The van der Waals surface area contributed by atoms with E-state index in [9.17, 15) is 14.7 Å². The van der Waals surface area contributed by atoms with Crippen molar-refractivity contribution in [2.24, 2.45) is 17.1 Å². The Morgan fingerprint density at radius 1 is 1.21 bits per heavy atom. The third-order valence-electron chi connectivity index (χ3n) is 5.27. The van der Waals surface area contributed by atoms with E-state index in [1.165, 1.54) is 0 Å². The summed E-state index contributed by atoms with van der Waals surface area (Å²) in [4.78, 5) is 26.1. The number of amides is 1. The van der Waals surface area contributed by atoms with E-state index in [0.717, 1.165) is 5.56 Å². The normalized spacial score (nSPS) is 20.5. The first-order chi connectivity index (χ1) is 11.0. The molecule has 0 unspecified atom stereocenters. The molecule has 0 radical (unpaired) electrons. The van der Waals surface area contributed by atoms with Crippen molar-refractivity contribution in [1.29, 1.82) is 0 Å². The molecule has 1 aromatic carbocycles. The molecular formula is C18H25N2NaO3. The number of benzene rings is 1. The fourth-order valence-electron chi connectivity index (χ4n) is 3.58. The van der Waals surface area contributed by atoms with Crippen LogP contribution in [0.3, 0.4) is 0 Å². The predicted octanol–water partition coefficient (Wildman–Crippen LogP) is -2.25. The van der Waals surface area contributed by atoms with Gasteiger partial charge in [-0.2, -0.15) is 0 Å². The van der Waals surface area contributed by atoms with Gasteiger partial charge in [0, 0.05) is 19.0 Å². The van der Waals surface area contributed by atoms with Crippen molar-refractivity contribution in [3.8, 4) is 0 Å². The van der Waals surface area contributed by atoms with Gasteiger partial charge in [-0.05, 0) is 30.9 Å². The molecule has 0 bridgehead atoms. The zero-order valence-corrected chi connectivity index (χ0v) is 16.8. The summed E-state index contributed by atoms with van der Waals surface area (Å²) in [7, 11) is 0. The maximum absolute atomic E-state index is 12.9. The molecule has 2 N–H and O–H groups in total. The van der Waals surface area contributed by atoms with Crippen LogP contribution in [0.5, 0.6) is 0 Å². The number of hydrogen-bond donors (Lipinski definition) is 1. The van der Waals surface area contributed by atoms with Gasteiger partial charge in [-0.15, -0.1) is 0 Å². The van der Waals surface area contributed by atoms with Gasteiger partial charge >= 0.3 is 29.6 Å². The van der Waals surface area contributed by atoms with E-state index in [1.807, 2.05) is 30.3 Å². The Morgan fingerprint density at radius 2 is 1.79 bits per heavy atom. The first-order valence-electron chi connectivity index (χ1n) is 8.26. The number of nitrogens with two attached hydrogens (primary N) is 1. The maximum atomic E-state index is 12.9. The van der Waals surface area contributed by atoms with Gasteiger partial charge in [-0.1, -0.05) is 44.2 Å². The average molecular weight is 340 g/mol. The molecule has 1 saturated heterocycles. The third kappa shape index (κ3) is 3.85. The summed E-state index contributed by atoms with van der Waals surface area (Å²) >= 11 is 0. The molecule has 5 nitrogen and oxygen atoms in total. The molecular weight excluding hydrogens is 315 g/mol. The van der Waals surface area contributed by atoms with Gasteiger partial charge in [0.15, 0.2) is 0 Å². The minimum atomic E-state index is -1.43. The summed E-state index contributed by atoms with van der Waals surface area (Å²) in [6.07, 6.45) is 0.481. The van der Waals surface area contributed by atoms with Crippen LogP contribution in [-0.2, 0) is 9.59 Å². The number of carboxylic acid groups (broad SMARTS) is 1. The zero-order chi connectivity index (χ0) is 17.0. The molecule has 2 atom stereocenters. The van der Waals surface area contributed by atoms with E-state index < -0.39 is 11.4 Å². The van der Waals surface area contributed by atoms with Crippen LogP contribution in [-0.4, -0.2) is 36.4 Å². The molecule has 1 heterocycles. The van der Waals surface area contributed by atoms with E-state index in [-0.39, 0.29) is 60.1 Å². The molecule has 1 aliphatic rings. The second-order valence-corrected chi connectivity index (χ2v) is 6.30. The van der Waals surface area contributed by atoms with Crippen LogP contribution in [0.2, 0.25) is 0 Å². The summed E-state index contributed by atoms with van der Waals surface area (Å²) in [6.45, 7) is 4.94. The fraction of sp³-hybridized carbons (Fsp3) is 0.556. The Labute approximate surface area is 165 Å². The van der Waals surface area contributed by atoms with Crippen LogP contribution in [0.4, 0.5) is 0 Å². The van der Waals surface area contributed by atoms with Crippen LogP contribution in [0.1, 0.15) is 38.2 Å². The van der Waals surface area contributed by atoms with E-state index >= 15 is 0 Å². The number of carboxylic acids is 1. The van der Waals surface area contributed by atoms with Gasteiger partial charge in [-0.25, -0.2) is 0 Å². The van der Waals surface area contributed by atoms with Crippen molar-refractivity contribution in [1.82, 2.24) is 4.90 Å². The average Bonchev–Trinajstić information content (AvgIpc) is 3.01. The van der Waals surface area contributed by atoms with Gasteiger partial charge in [0.25, 0.3) is 0 Å². The first-order valence-corrected chi connectivity index (χ1v) is 8.26. The Bertz CT molecular complexity index is 561. The largest absolute Gasteiger partial charge is 1.00 e. The number of carbonyl (C=O) groups excluding carboxylic acids is 2. The molecule has 1 aliphatic heterocycles. The number of rotatable bonds is 6. The van der Waals surface area contributed by atoms with Crippen molar-refractivity contribution in [2.45, 2.75) is 32.6 Å². The molecule has 126 valence electrons. The van der Waals surface area contributed by atoms with E-state index in [2.05, 4.69) is 0 Å². The van der Waals surface area contributed by atoms with Crippen LogP contribution in [0.15, 0.2) is 30.3 Å². The van der Waals surface area contributed by atoms with E-state index in [1.54, 1.807) is 18.7 Å². The predicted molar refractivity (Wildman–Crippen MR) is 86.3 cm³/mol. The number of aliphatic carboxylic acids is 1. The summed E-state index contributed by atoms with van der Waals surface area (Å²) in [5.74, 6) is -1.31. The van der Waals surface area contributed by atoms with Crippen molar-refractivity contribution >= 4 is 11.9 Å². The van der Waals surface area contributed by atoms with Gasteiger partial charge in [-0.3, -0.25) is 4.79 Å². The van der Waals surface area contributed by atoms with Crippen LogP contribution < -0.4 is 40.4 Å². The van der Waals surface area contributed by atoms with Gasteiger partial charge in [0.2, 0.25) is 5.91 Å². The van der Waals surface area contributed by atoms with Crippen LogP contribution in [0, 0.1) is 11.3 Å². The standard InChI is InChI=1S/C18H26N2O3.Na/c1-3-18(4-2,17(22)23)16(21)20-11-14(10-19)15(12-20)13-8-6-5-7-9-13;/h5-9,14-15H,3-4,10-12,19H2,1-2H3,(H,22,23);/q;+1/p-1/t14-,15+;/m1./s1. The summed E-state index contributed by atoms with van der Waals surface area (Å²) in [6, 6.07) is 9.96. The second kappa shape index (κ2) is 8.99. The Hall–Kier alpha value is -0.880. The van der Waals surface area contributed by atoms with Crippen molar-refractivity contribution < 1.29 is 44.3 Å². The van der Waals surface area contributed by atoms with Crippen LogP contribution >= 0.6 is 0 Å². The smallest absolute Gasteiger partial charge is 0.549 e. The summed E-state index contributed by atoms with van der Waals surface area (Å²) in [5.41, 5.74) is 5.61. The van der Waals surface area contributed by atoms with Gasteiger partial charge < -0.3 is 20.5 Å². The Kier molecular flexibility index (Phi) is 7.93. The van der Waals surface area contributed by atoms with Gasteiger partial charge in [0.1, 0.15) is 0 Å². The van der Waals surface area contributed by atoms with E-state index in [4.69, 9.17) is 5.73 Å². The zero-order valence-electron chi connectivity index (χ0n) is 14.8. The molecule has 0 saturated carbocycles. The molecule has 24 heavy (non-hydrogen) atoms. The number of likely N-dealkylation sites (tertiary alicyclic amines) is 1. The molecule has 0 aromatic heterocycles. The van der Waals surface area contributed by atoms with Crippen molar-refractivity contribution in [3.63, 3.8) is 0 Å². The maximum Gasteiger partial charge on any atom is 1.00 e. The minimum Gasteiger partial charge on any atom is -0.549 e. The summed E-state index contributed by atoms with van der Waals surface area (Å²) < 4.78 is 0. The number of nitrogens with zero attached hydrogens (tertiary/aromatic N) is 1. The quantitative estimate of drug-likeness (QED) is 0.468. The Balaban J connectivity index is 0.00000288. The molecule has 1 fully saturated rings. The molecule has 1 aromatic rings. The molecule has 0 spiro atoms. The Morgan fingerprint density at radius 3 is 2.25 bits per heavy atom. The summed E-state index contributed by atoms with van der Waals surface area (Å²) in [5, 5.41) is 11.6. The number of hydrogen-bond acceptors (Lipinski definition) is 4. The monoisotopic (exact) mass is 340 g/mol. The molecule has 6 heteroatoms.